The van der Waals surface area contributed by atoms with E-state index in [9.17, 15) is 4.79 Å². The summed E-state index contributed by atoms with van der Waals surface area (Å²) in [4.78, 5) is 12.9. The fourth-order valence-corrected chi connectivity index (χ4v) is 2.92. The molecule has 0 bridgehead atoms. The van der Waals surface area contributed by atoms with Crippen LogP contribution >= 0.6 is 0 Å². The molecule has 1 aliphatic carbocycles. The monoisotopic (exact) mass is 298 g/mol. The predicted molar refractivity (Wildman–Crippen MR) is 91.7 cm³/mol. The minimum atomic E-state index is -0.0898. The second-order valence-electron chi connectivity index (χ2n) is 6.37. The third-order valence-corrected chi connectivity index (χ3v) is 3.86. The topological polar surface area (TPSA) is 69.1 Å². The number of carbonyl (C=O) groups excluding carboxylic acids is 1. The number of hydrogen-bond donors (Lipinski definition) is 2. The quantitative estimate of drug-likeness (QED) is 0.793. The number of rotatable bonds is 6. The first kappa shape index (κ1) is 16.7. The van der Waals surface area contributed by atoms with Gasteiger partial charge in [0.2, 0.25) is 0 Å². The normalized spacial score (nSPS) is 20.4. The largest absolute Gasteiger partial charge is 0.328 e. The number of carbonyl (C=O) groups is 1. The van der Waals surface area contributed by atoms with Gasteiger partial charge in [-0.15, -0.1) is 0 Å². The summed E-state index contributed by atoms with van der Waals surface area (Å²) < 4.78 is 0. The standard InChI is InChI=1S/C19H26N2O/c1-13(20)10-15-6-5-8-17(12-15)19(22)18-9-4-3-7-16(18)11-14(2)21/h3-7,9,12-14,17H,8,10-11,20-21H2,1-2H3. The summed E-state index contributed by atoms with van der Waals surface area (Å²) in [7, 11) is 0. The lowest BCUT2D eigenvalue weighted by molar-refractivity contribution is 0.0944. The Morgan fingerprint density at radius 2 is 1.86 bits per heavy atom. The predicted octanol–water partition coefficient (Wildman–Crippen LogP) is 3.00. The molecule has 118 valence electrons. The van der Waals surface area contributed by atoms with Crippen molar-refractivity contribution in [2.75, 3.05) is 0 Å². The minimum Gasteiger partial charge on any atom is -0.328 e. The molecule has 0 amide bonds. The molecule has 0 saturated carbocycles. The molecule has 1 aliphatic rings. The Labute approximate surface area is 133 Å². The highest BCUT2D eigenvalue weighted by atomic mass is 16.1. The van der Waals surface area contributed by atoms with Gasteiger partial charge in [0, 0.05) is 23.6 Å². The van der Waals surface area contributed by atoms with Gasteiger partial charge in [0.05, 0.1) is 0 Å². The van der Waals surface area contributed by atoms with E-state index in [1.54, 1.807) is 0 Å². The van der Waals surface area contributed by atoms with Crippen LogP contribution in [-0.4, -0.2) is 17.9 Å². The van der Waals surface area contributed by atoms with Crippen LogP contribution < -0.4 is 11.5 Å². The molecule has 1 aromatic rings. The van der Waals surface area contributed by atoms with Crippen molar-refractivity contribution in [3.8, 4) is 0 Å². The average molecular weight is 298 g/mol. The molecule has 0 fully saturated rings. The van der Waals surface area contributed by atoms with Gasteiger partial charge in [0.1, 0.15) is 0 Å². The van der Waals surface area contributed by atoms with Gasteiger partial charge in [-0.3, -0.25) is 4.79 Å². The number of nitrogens with two attached hydrogens (primary N) is 2. The first-order chi connectivity index (χ1) is 10.5. The highest BCUT2D eigenvalue weighted by Gasteiger charge is 2.22. The van der Waals surface area contributed by atoms with Gasteiger partial charge < -0.3 is 11.5 Å². The Morgan fingerprint density at radius 3 is 2.55 bits per heavy atom. The molecular weight excluding hydrogens is 272 g/mol. The maximum Gasteiger partial charge on any atom is 0.170 e. The van der Waals surface area contributed by atoms with Crippen LogP contribution in [0.2, 0.25) is 0 Å². The van der Waals surface area contributed by atoms with Gasteiger partial charge in [0.25, 0.3) is 0 Å². The van der Waals surface area contributed by atoms with Gasteiger partial charge in [-0.2, -0.15) is 0 Å². The van der Waals surface area contributed by atoms with Gasteiger partial charge in [-0.1, -0.05) is 48.1 Å². The number of hydrogen-bond acceptors (Lipinski definition) is 3. The summed E-state index contributed by atoms with van der Waals surface area (Å²) in [5.41, 5.74) is 14.8. The molecule has 0 aliphatic heterocycles. The lowest BCUT2D eigenvalue weighted by atomic mass is 9.85. The number of Topliss-reactive ketones (excluding diaryl/α,β-unsaturated/α-hetero) is 1. The van der Waals surface area contributed by atoms with Crippen molar-refractivity contribution in [3.05, 3.63) is 59.2 Å². The Balaban J connectivity index is 2.21. The summed E-state index contributed by atoms with van der Waals surface area (Å²) in [6.45, 7) is 3.95. The maximum atomic E-state index is 12.9. The van der Waals surface area contributed by atoms with Crippen LogP contribution in [0.4, 0.5) is 0 Å². The molecule has 3 unspecified atom stereocenters. The SMILES string of the molecule is CC(N)CC1=CC(C(=O)c2ccccc2CC(C)N)CC=C1. The zero-order valence-corrected chi connectivity index (χ0v) is 13.5. The number of allylic oxidation sites excluding steroid dienone is 3. The molecule has 0 aromatic heterocycles. The Kier molecular flexibility index (Phi) is 5.69. The summed E-state index contributed by atoms with van der Waals surface area (Å²) >= 11 is 0. The van der Waals surface area contributed by atoms with Crippen molar-refractivity contribution < 1.29 is 4.79 Å². The third kappa shape index (κ3) is 4.39. The van der Waals surface area contributed by atoms with Crippen molar-refractivity contribution >= 4 is 5.78 Å². The molecule has 1 aromatic carbocycles. The molecule has 0 heterocycles. The number of benzene rings is 1. The van der Waals surface area contributed by atoms with Crippen LogP contribution in [0.25, 0.3) is 0 Å². The van der Waals surface area contributed by atoms with E-state index in [4.69, 9.17) is 11.5 Å². The van der Waals surface area contributed by atoms with Crippen LogP contribution in [0.1, 0.15) is 42.6 Å². The molecular formula is C19H26N2O. The van der Waals surface area contributed by atoms with Crippen molar-refractivity contribution in [2.45, 2.75) is 45.2 Å². The van der Waals surface area contributed by atoms with Crippen molar-refractivity contribution in [1.29, 1.82) is 0 Å². The lowest BCUT2D eigenvalue weighted by Gasteiger charge is -2.19. The summed E-state index contributed by atoms with van der Waals surface area (Å²) in [5, 5.41) is 0. The summed E-state index contributed by atoms with van der Waals surface area (Å²) in [6.07, 6.45) is 8.53. The second kappa shape index (κ2) is 7.52. The maximum absolute atomic E-state index is 12.9. The van der Waals surface area contributed by atoms with Gasteiger partial charge in [-0.05, 0) is 38.7 Å². The number of ketones is 1. The van der Waals surface area contributed by atoms with Crippen LogP contribution in [0.5, 0.6) is 0 Å². The first-order valence-electron chi connectivity index (χ1n) is 7.98. The van der Waals surface area contributed by atoms with E-state index < -0.39 is 0 Å². The molecule has 3 heteroatoms. The van der Waals surface area contributed by atoms with E-state index in [1.807, 2.05) is 38.1 Å². The van der Waals surface area contributed by atoms with Crippen LogP contribution in [-0.2, 0) is 6.42 Å². The molecule has 22 heavy (non-hydrogen) atoms. The van der Waals surface area contributed by atoms with Crippen molar-refractivity contribution in [1.82, 2.24) is 0 Å². The Hall–Kier alpha value is -1.71. The molecule has 0 radical (unpaired) electrons. The van der Waals surface area contributed by atoms with E-state index in [-0.39, 0.29) is 23.8 Å². The zero-order valence-electron chi connectivity index (χ0n) is 13.5. The molecule has 4 N–H and O–H groups in total. The molecule has 2 rings (SSSR count). The van der Waals surface area contributed by atoms with Crippen molar-refractivity contribution in [2.24, 2.45) is 17.4 Å². The van der Waals surface area contributed by atoms with E-state index in [2.05, 4.69) is 18.2 Å². The van der Waals surface area contributed by atoms with Crippen LogP contribution in [0.15, 0.2) is 48.1 Å². The average Bonchev–Trinajstić information content (AvgIpc) is 2.46. The van der Waals surface area contributed by atoms with Gasteiger partial charge in [-0.25, -0.2) is 0 Å². The summed E-state index contributed by atoms with van der Waals surface area (Å²) in [6, 6.07) is 7.95. The minimum absolute atomic E-state index is 0.0457. The Bertz CT molecular complexity index is 585. The van der Waals surface area contributed by atoms with E-state index >= 15 is 0 Å². The fraction of sp³-hybridized carbons (Fsp3) is 0.421. The van der Waals surface area contributed by atoms with Gasteiger partial charge >= 0.3 is 0 Å². The van der Waals surface area contributed by atoms with E-state index in [0.717, 1.165) is 36.0 Å². The summed E-state index contributed by atoms with van der Waals surface area (Å²) in [5.74, 6) is 0.0933. The third-order valence-electron chi connectivity index (χ3n) is 3.86. The lowest BCUT2D eigenvalue weighted by Crippen LogP contribution is -2.22. The Morgan fingerprint density at radius 1 is 1.18 bits per heavy atom. The highest BCUT2D eigenvalue weighted by molar-refractivity contribution is 6.00. The van der Waals surface area contributed by atoms with Crippen LogP contribution in [0, 0.1) is 5.92 Å². The first-order valence-corrected chi connectivity index (χ1v) is 7.98. The van der Waals surface area contributed by atoms with Crippen molar-refractivity contribution in [3.63, 3.8) is 0 Å². The fourth-order valence-electron chi connectivity index (χ4n) is 2.92. The van der Waals surface area contributed by atoms with E-state index in [1.165, 1.54) is 0 Å². The highest BCUT2D eigenvalue weighted by Crippen LogP contribution is 2.25. The second-order valence-corrected chi connectivity index (χ2v) is 6.37. The molecule has 0 saturated heterocycles. The smallest absolute Gasteiger partial charge is 0.170 e. The van der Waals surface area contributed by atoms with E-state index in [0.29, 0.717) is 0 Å². The molecule has 3 nitrogen and oxygen atoms in total. The van der Waals surface area contributed by atoms with Gasteiger partial charge in [0.15, 0.2) is 5.78 Å². The zero-order chi connectivity index (χ0) is 16.1. The molecule has 0 spiro atoms. The van der Waals surface area contributed by atoms with Crippen LogP contribution in [0.3, 0.4) is 0 Å². The molecule has 3 atom stereocenters.